The van der Waals surface area contributed by atoms with Crippen LogP contribution in [0.15, 0.2) is 0 Å². The second kappa shape index (κ2) is 6.36. The van der Waals surface area contributed by atoms with Crippen molar-refractivity contribution >= 4 is 5.91 Å². The molecule has 4 nitrogen and oxygen atoms in total. The molecule has 3 saturated heterocycles. The maximum atomic E-state index is 13.2. The minimum absolute atomic E-state index is 0.0225. The second-order valence-electron chi connectivity index (χ2n) is 8.69. The quantitative estimate of drug-likeness (QED) is 0.798. The van der Waals surface area contributed by atoms with Gasteiger partial charge in [0.2, 0.25) is 5.91 Å². The molecular formula is C19H33N3O. The van der Waals surface area contributed by atoms with Crippen molar-refractivity contribution in [3.05, 3.63) is 0 Å². The predicted molar refractivity (Wildman–Crippen MR) is 92.3 cm³/mol. The zero-order chi connectivity index (χ0) is 15.9. The summed E-state index contributed by atoms with van der Waals surface area (Å²) < 4.78 is 0. The first-order valence-corrected chi connectivity index (χ1v) is 9.88. The SMILES string of the molecule is CN1CCC(N2CC[C@]3(CCCN(CC4CCC4)C3=O)C2)CC1. The Morgan fingerprint density at radius 3 is 2.48 bits per heavy atom. The predicted octanol–water partition coefficient (Wildman–Crippen LogP) is 2.20. The molecule has 4 fully saturated rings. The van der Waals surface area contributed by atoms with Gasteiger partial charge in [0.25, 0.3) is 0 Å². The first-order valence-electron chi connectivity index (χ1n) is 9.88. The van der Waals surface area contributed by atoms with Crippen molar-refractivity contribution in [3.8, 4) is 0 Å². The number of hydrogen-bond acceptors (Lipinski definition) is 3. The first kappa shape index (κ1) is 15.9. The van der Waals surface area contributed by atoms with Crippen LogP contribution in [-0.2, 0) is 4.79 Å². The summed E-state index contributed by atoms with van der Waals surface area (Å²) in [6, 6.07) is 0.723. The minimum atomic E-state index is -0.0225. The molecule has 4 rings (SSSR count). The van der Waals surface area contributed by atoms with Gasteiger partial charge in [0.1, 0.15) is 0 Å². The molecule has 0 radical (unpaired) electrons. The van der Waals surface area contributed by atoms with Crippen molar-refractivity contribution in [3.63, 3.8) is 0 Å². The van der Waals surface area contributed by atoms with Crippen LogP contribution < -0.4 is 0 Å². The van der Waals surface area contributed by atoms with Gasteiger partial charge in [-0.1, -0.05) is 6.42 Å². The van der Waals surface area contributed by atoms with Crippen LogP contribution in [0.3, 0.4) is 0 Å². The number of carbonyl (C=O) groups is 1. The van der Waals surface area contributed by atoms with Crippen molar-refractivity contribution in [2.24, 2.45) is 11.3 Å². The van der Waals surface area contributed by atoms with Gasteiger partial charge in [0.15, 0.2) is 0 Å². The van der Waals surface area contributed by atoms with E-state index in [0.717, 1.165) is 51.0 Å². The van der Waals surface area contributed by atoms with Gasteiger partial charge in [-0.2, -0.15) is 0 Å². The molecule has 1 aliphatic carbocycles. The Bertz CT molecular complexity index is 442. The second-order valence-corrected chi connectivity index (χ2v) is 8.69. The number of rotatable bonds is 3. The maximum absolute atomic E-state index is 13.2. The van der Waals surface area contributed by atoms with Gasteiger partial charge in [0.05, 0.1) is 5.41 Å². The van der Waals surface area contributed by atoms with E-state index in [4.69, 9.17) is 0 Å². The molecule has 4 heteroatoms. The lowest BCUT2D eigenvalue weighted by molar-refractivity contribution is -0.147. The van der Waals surface area contributed by atoms with Crippen LogP contribution in [0.2, 0.25) is 0 Å². The number of amides is 1. The van der Waals surface area contributed by atoms with Crippen molar-refractivity contribution in [1.29, 1.82) is 0 Å². The topological polar surface area (TPSA) is 26.8 Å². The van der Waals surface area contributed by atoms with Gasteiger partial charge in [-0.3, -0.25) is 9.69 Å². The van der Waals surface area contributed by atoms with E-state index in [1.54, 1.807) is 0 Å². The molecular weight excluding hydrogens is 286 g/mol. The van der Waals surface area contributed by atoms with E-state index >= 15 is 0 Å². The number of nitrogens with zero attached hydrogens (tertiary/aromatic N) is 3. The molecule has 1 spiro atoms. The van der Waals surface area contributed by atoms with E-state index in [2.05, 4.69) is 21.7 Å². The summed E-state index contributed by atoms with van der Waals surface area (Å²) in [6.07, 6.45) is 10.1. The normalized spacial score (nSPS) is 35.2. The van der Waals surface area contributed by atoms with Crippen LogP contribution in [0.1, 0.15) is 51.4 Å². The fraction of sp³-hybridized carbons (Fsp3) is 0.947. The van der Waals surface area contributed by atoms with Gasteiger partial charge < -0.3 is 9.80 Å². The molecule has 4 aliphatic rings. The van der Waals surface area contributed by atoms with Gasteiger partial charge in [-0.25, -0.2) is 0 Å². The van der Waals surface area contributed by atoms with Crippen LogP contribution in [0, 0.1) is 11.3 Å². The number of carbonyl (C=O) groups excluding carboxylic acids is 1. The summed E-state index contributed by atoms with van der Waals surface area (Å²) in [7, 11) is 2.23. The van der Waals surface area contributed by atoms with Crippen LogP contribution in [0.5, 0.6) is 0 Å². The summed E-state index contributed by atoms with van der Waals surface area (Å²) >= 11 is 0. The van der Waals surface area contributed by atoms with E-state index in [1.165, 1.54) is 51.6 Å². The van der Waals surface area contributed by atoms with Gasteiger partial charge in [-0.15, -0.1) is 0 Å². The lowest BCUT2D eigenvalue weighted by atomic mass is 9.77. The van der Waals surface area contributed by atoms with Gasteiger partial charge in [0, 0.05) is 25.7 Å². The average molecular weight is 319 g/mol. The number of likely N-dealkylation sites (tertiary alicyclic amines) is 3. The highest BCUT2D eigenvalue weighted by Gasteiger charge is 2.49. The van der Waals surface area contributed by atoms with Crippen LogP contribution >= 0.6 is 0 Å². The van der Waals surface area contributed by atoms with Crippen LogP contribution in [-0.4, -0.2) is 73.0 Å². The smallest absolute Gasteiger partial charge is 0.230 e. The number of piperidine rings is 2. The molecule has 0 unspecified atom stereocenters. The van der Waals surface area contributed by atoms with Crippen molar-refractivity contribution in [1.82, 2.24) is 14.7 Å². The van der Waals surface area contributed by atoms with E-state index in [-0.39, 0.29) is 5.41 Å². The molecule has 1 saturated carbocycles. The number of hydrogen-bond donors (Lipinski definition) is 0. The van der Waals surface area contributed by atoms with E-state index in [1.807, 2.05) is 0 Å². The Labute approximate surface area is 141 Å². The molecule has 0 aromatic heterocycles. The molecule has 23 heavy (non-hydrogen) atoms. The van der Waals surface area contributed by atoms with Crippen LogP contribution in [0.25, 0.3) is 0 Å². The Morgan fingerprint density at radius 1 is 1.00 bits per heavy atom. The standard InChI is InChI=1S/C19H33N3O/c1-20-11-6-17(7-12-20)22-13-9-19(15-22)8-3-10-21(18(19)23)14-16-4-2-5-16/h16-17H,2-15H2,1H3/t19-/m1/s1. The van der Waals surface area contributed by atoms with Crippen molar-refractivity contribution in [2.75, 3.05) is 46.3 Å². The lowest BCUT2D eigenvalue weighted by Gasteiger charge is -2.43. The van der Waals surface area contributed by atoms with E-state index in [0.29, 0.717) is 5.91 Å². The summed E-state index contributed by atoms with van der Waals surface area (Å²) in [5, 5.41) is 0. The third-order valence-corrected chi connectivity index (χ3v) is 7.12. The minimum Gasteiger partial charge on any atom is -0.342 e. The summed E-state index contributed by atoms with van der Waals surface area (Å²) in [5.74, 6) is 1.31. The highest BCUT2D eigenvalue weighted by molar-refractivity contribution is 5.84. The molecule has 0 bridgehead atoms. The molecule has 0 aromatic carbocycles. The first-order chi connectivity index (χ1) is 11.2. The van der Waals surface area contributed by atoms with Crippen molar-refractivity contribution < 1.29 is 4.79 Å². The van der Waals surface area contributed by atoms with Crippen LogP contribution in [0.4, 0.5) is 0 Å². The lowest BCUT2D eigenvalue weighted by Crippen LogP contribution is -2.52. The monoisotopic (exact) mass is 319 g/mol. The van der Waals surface area contributed by atoms with E-state index < -0.39 is 0 Å². The maximum Gasteiger partial charge on any atom is 0.230 e. The molecule has 1 atom stereocenters. The molecule has 0 aromatic rings. The fourth-order valence-corrected chi connectivity index (χ4v) is 5.27. The van der Waals surface area contributed by atoms with E-state index in [9.17, 15) is 4.79 Å². The summed E-state index contributed by atoms with van der Waals surface area (Å²) in [6.45, 7) is 6.70. The summed E-state index contributed by atoms with van der Waals surface area (Å²) in [4.78, 5) is 20.5. The highest BCUT2D eigenvalue weighted by atomic mass is 16.2. The molecule has 1 amide bonds. The molecule has 3 heterocycles. The average Bonchev–Trinajstić information content (AvgIpc) is 2.93. The zero-order valence-electron chi connectivity index (χ0n) is 14.8. The Morgan fingerprint density at radius 2 is 1.78 bits per heavy atom. The third-order valence-electron chi connectivity index (χ3n) is 7.12. The Kier molecular flexibility index (Phi) is 4.39. The van der Waals surface area contributed by atoms with Gasteiger partial charge >= 0.3 is 0 Å². The Balaban J connectivity index is 1.38. The fourth-order valence-electron chi connectivity index (χ4n) is 5.27. The molecule has 130 valence electrons. The summed E-state index contributed by atoms with van der Waals surface area (Å²) in [5.41, 5.74) is -0.0225. The Hall–Kier alpha value is -0.610. The largest absolute Gasteiger partial charge is 0.342 e. The van der Waals surface area contributed by atoms with Gasteiger partial charge in [-0.05, 0) is 77.5 Å². The van der Waals surface area contributed by atoms with Crippen molar-refractivity contribution in [2.45, 2.75) is 57.4 Å². The highest BCUT2D eigenvalue weighted by Crippen LogP contribution is 2.42. The molecule has 0 N–H and O–H groups in total. The third kappa shape index (κ3) is 3.05. The molecule has 3 aliphatic heterocycles. The zero-order valence-corrected chi connectivity index (χ0v) is 14.8.